The highest BCUT2D eigenvalue weighted by Gasteiger charge is 2.54. The van der Waals surface area contributed by atoms with Gasteiger partial charge in [0.2, 0.25) is 0 Å². The van der Waals surface area contributed by atoms with E-state index >= 15 is 0 Å². The lowest BCUT2D eigenvalue weighted by Crippen LogP contribution is -2.71. The second-order valence-corrected chi connectivity index (χ2v) is 9.14. The summed E-state index contributed by atoms with van der Waals surface area (Å²) in [6.07, 6.45) is -4.72. The second-order valence-electron chi connectivity index (χ2n) is 8.00. The van der Waals surface area contributed by atoms with Crippen molar-refractivity contribution in [1.29, 1.82) is 0 Å². The first kappa shape index (κ1) is 19.3. The van der Waals surface area contributed by atoms with Gasteiger partial charge in [0.05, 0.1) is 5.69 Å². The van der Waals surface area contributed by atoms with Crippen LogP contribution in [-0.4, -0.2) is 52.1 Å². The molecule has 1 aromatic rings. The topological polar surface area (TPSA) is 45.7 Å². The largest absolute Gasteiger partial charge is 0.444 e. The lowest BCUT2D eigenvalue weighted by Gasteiger charge is -2.59. The molecule has 0 atom stereocenters. The molecule has 1 spiro atoms. The van der Waals surface area contributed by atoms with Gasteiger partial charge in [0.1, 0.15) is 11.3 Å². The molecule has 0 bridgehead atoms. The fraction of sp³-hybridized carbons (Fsp3) is 0.647. The SMILES string of the molecule is Cc1nc(C(F)(F)F)ccc1SN1CC2(C1)CN(C(=O)OC(C)(C)C)C2. The Balaban J connectivity index is 1.49. The fourth-order valence-electron chi connectivity index (χ4n) is 3.13. The van der Waals surface area contributed by atoms with Crippen molar-refractivity contribution in [3.05, 3.63) is 23.5 Å². The normalized spacial score (nSPS) is 19.9. The molecule has 0 aromatic carbocycles. The number of halogens is 3. The van der Waals surface area contributed by atoms with Crippen molar-refractivity contribution in [2.45, 2.75) is 44.4 Å². The van der Waals surface area contributed by atoms with Crippen molar-refractivity contribution in [2.75, 3.05) is 26.2 Å². The van der Waals surface area contributed by atoms with E-state index in [1.165, 1.54) is 18.0 Å². The maximum absolute atomic E-state index is 12.7. The summed E-state index contributed by atoms with van der Waals surface area (Å²) in [5.74, 6) is 0. The van der Waals surface area contributed by atoms with Gasteiger partial charge in [-0.25, -0.2) is 14.1 Å². The van der Waals surface area contributed by atoms with E-state index in [4.69, 9.17) is 4.74 Å². The van der Waals surface area contributed by atoms with E-state index in [0.717, 1.165) is 24.1 Å². The number of ether oxygens (including phenoxy) is 1. The molecular formula is C17H22F3N3O2S. The monoisotopic (exact) mass is 389 g/mol. The Labute approximate surface area is 155 Å². The first-order chi connectivity index (χ1) is 11.9. The number of amides is 1. The van der Waals surface area contributed by atoms with E-state index in [2.05, 4.69) is 9.29 Å². The van der Waals surface area contributed by atoms with Crippen molar-refractivity contribution >= 4 is 18.0 Å². The van der Waals surface area contributed by atoms with E-state index in [9.17, 15) is 18.0 Å². The smallest absolute Gasteiger partial charge is 0.433 e. The number of carbonyl (C=O) groups is 1. The van der Waals surface area contributed by atoms with Gasteiger partial charge < -0.3 is 9.64 Å². The molecule has 0 aliphatic carbocycles. The number of hydrogen-bond acceptors (Lipinski definition) is 5. The van der Waals surface area contributed by atoms with E-state index in [0.29, 0.717) is 18.8 Å². The number of carbonyl (C=O) groups excluding carboxylic acids is 1. The summed E-state index contributed by atoms with van der Waals surface area (Å²) in [7, 11) is 0. The third kappa shape index (κ3) is 4.09. The Bertz CT molecular complexity index is 704. The van der Waals surface area contributed by atoms with Crippen LogP contribution in [0.3, 0.4) is 0 Å². The summed E-state index contributed by atoms with van der Waals surface area (Å²) in [6, 6.07) is 2.48. The van der Waals surface area contributed by atoms with Crippen LogP contribution in [0, 0.1) is 12.3 Å². The van der Waals surface area contributed by atoms with Crippen LogP contribution in [0.1, 0.15) is 32.2 Å². The van der Waals surface area contributed by atoms with Crippen molar-refractivity contribution in [1.82, 2.24) is 14.2 Å². The lowest BCUT2D eigenvalue weighted by atomic mass is 9.75. The van der Waals surface area contributed by atoms with Crippen molar-refractivity contribution in [2.24, 2.45) is 5.41 Å². The number of likely N-dealkylation sites (tertiary alicyclic amines) is 1. The van der Waals surface area contributed by atoms with Crippen LogP contribution in [-0.2, 0) is 10.9 Å². The molecule has 0 N–H and O–H groups in total. The van der Waals surface area contributed by atoms with Crippen LogP contribution < -0.4 is 0 Å². The second kappa shape index (κ2) is 6.30. The summed E-state index contributed by atoms with van der Waals surface area (Å²) in [6.45, 7) is 9.98. The first-order valence-electron chi connectivity index (χ1n) is 8.33. The van der Waals surface area contributed by atoms with Gasteiger partial charge in [-0.05, 0) is 51.8 Å². The van der Waals surface area contributed by atoms with Gasteiger partial charge in [0.15, 0.2) is 0 Å². The zero-order valence-corrected chi connectivity index (χ0v) is 16.0. The summed E-state index contributed by atoms with van der Waals surface area (Å²) in [5.41, 5.74) is -0.924. The third-order valence-electron chi connectivity index (χ3n) is 4.28. The molecule has 2 fully saturated rings. The zero-order chi connectivity index (χ0) is 19.3. The standard InChI is InChI=1S/C17H22F3N3O2S/c1-11-12(5-6-13(21-11)17(18,19)20)26-23-9-16(10-23)7-22(8-16)14(24)25-15(2,3)4/h5-6H,7-10H2,1-4H3. The van der Waals surface area contributed by atoms with E-state index in [-0.39, 0.29) is 11.5 Å². The fourth-order valence-corrected chi connectivity index (χ4v) is 4.39. The summed E-state index contributed by atoms with van der Waals surface area (Å²) >= 11 is 1.42. The number of pyridine rings is 1. The third-order valence-corrected chi connectivity index (χ3v) is 5.43. The van der Waals surface area contributed by atoms with E-state index in [1.807, 2.05) is 20.8 Å². The summed E-state index contributed by atoms with van der Waals surface area (Å²) in [5, 5.41) is 0. The van der Waals surface area contributed by atoms with Gasteiger partial charge >= 0.3 is 12.3 Å². The van der Waals surface area contributed by atoms with Crippen LogP contribution in [0.15, 0.2) is 17.0 Å². The number of hydrogen-bond donors (Lipinski definition) is 0. The number of aryl methyl sites for hydroxylation is 1. The molecule has 2 aliphatic heterocycles. The van der Waals surface area contributed by atoms with Gasteiger partial charge in [0.25, 0.3) is 0 Å². The molecule has 144 valence electrons. The molecule has 1 amide bonds. The van der Waals surface area contributed by atoms with E-state index in [1.54, 1.807) is 11.8 Å². The predicted octanol–water partition coefficient (Wildman–Crippen LogP) is 3.97. The highest BCUT2D eigenvalue weighted by Crippen LogP contribution is 2.45. The average Bonchev–Trinajstić information content (AvgIpc) is 2.38. The molecular weight excluding hydrogens is 367 g/mol. The lowest BCUT2D eigenvalue weighted by molar-refractivity contribution is -0.141. The molecule has 5 nitrogen and oxygen atoms in total. The van der Waals surface area contributed by atoms with Crippen molar-refractivity contribution < 1.29 is 22.7 Å². The number of rotatable bonds is 2. The summed E-state index contributed by atoms with van der Waals surface area (Å²) in [4.78, 5) is 18.0. The molecule has 26 heavy (non-hydrogen) atoms. The Morgan fingerprint density at radius 3 is 2.31 bits per heavy atom. The molecule has 0 saturated carbocycles. The van der Waals surface area contributed by atoms with Crippen LogP contribution in [0.4, 0.5) is 18.0 Å². The predicted molar refractivity (Wildman–Crippen MR) is 91.6 cm³/mol. The average molecular weight is 389 g/mol. The Morgan fingerprint density at radius 1 is 1.19 bits per heavy atom. The zero-order valence-electron chi connectivity index (χ0n) is 15.2. The quantitative estimate of drug-likeness (QED) is 0.717. The summed E-state index contributed by atoms with van der Waals surface area (Å²) < 4.78 is 45.5. The van der Waals surface area contributed by atoms with Crippen molar-refractivity contribution in [3.63, 3.8) is 0 Å². The van der Waals surface area contributed by atoms with Gasteiger partial charge in [-0.2, -0.15) is 13.2 Å². The van der Waals surface area contributed by atoms with Gasteiger partial charge in [-0.15, -0.1) is 0 Å². The molecule has 3 heterocycles. The van der Waals surface area contributed by atoms with Crippen LogP contribution >= 0.6 is 11.9 Å². The molecule has 1 aromatic heterocycles. The maximum atomic E-state index is 12.7. The number of alkyl halides is 3. The minimum absolute atomic E-state index is 0.0805. The van der Waals surface area contributed by atoms with Crippen LogP contribution in [0.5, 0.6) is 0 Å². The Morgan fingerprint density at radius 2 is 1.81 bits per heavy atom. The van der Waals surface area contributed by atoms with Gasteiger partial charge in [-0.1, -0.05) is 0 Å². The Hall–Kier alpha value is -1.48. The number of aromatic nitrogens is 1. The molecule has 2 aliphatic rings. The van der Waals surface area contributed by atoms with Crippen LogP contribution in [0.2, 0.25) is 0 Å². The van der Waals surface area contributed by atoms with Crippen LogP contribution in [0.25, 0.3) is 0 Å². The first-order valence-corrected chi connectivity index (χ1v) is 9.10. The highest BCUT2D eigenvalue weighted by molar-refractivity contribution is 7.97. The van der Waals surface area contributed by atoms with Crippen molar-refractivity contribution in [3.8, 4) is 0 Å². The molecule has 9 heteroatoms. The maximum Gasteiger partial charge on any atom is 0.433 e. The number of nitrogens with zero attached hydrogens (tertiary/aromatic N) is 3. The highest BCUT2D eigenvalue weighted by atomic mass is 32.2. The van der Waals surface area contributed by atoms with E-state index < -0.39 is 17.5 Å². The van der Waals surface area contributed by atoms with Gasteiger partial charge in [0, 0.05) is 36.5 Å². The minimum Gasteiger partial charge on any atom is -0.444 e. The molecule has 0 radical (unpaired) electrons. The van der Waals surface area contributed by atoms with Gasteiger partial charge in [-0.3, -0.25) is 0 Å². The molecule has 2 saturated heterocycles. The minimum atomic E-state index is -4.42. The molecule has 0 unspecified atom stereocenters. The Kier molecular flexibility index (Phi) is 4.67. The molecule has 3 rings (SSSR count).